The van der Waals surface area contributed by atoms with Crippen LogP contribution in [-0.4, -0.2) is 27.1 Å². The zero-order valence-electron chi connectivity index (χ0n) is 17.4. The number of aryl methyl sites for hydroxylation is 3. The van der Waals surface area contributed by atoms with Gasteiger partial charge in [-0.1, -0.05) is 35.9 Å². The number of sulfonamides is 1. The first-order chi connectivity index (χ1) is 13.7. The number of hydrogen-bond acceptors (Lipinski definition) is 3. The summed E-state index contributed by atoms with van der Waals surface area (Å²) in [5.74, 6) is -0.0599. The SMILES string of the molecule is Cc1ccc(N(CCCC(=O)N[C@H](C)c2ccc3c(c2)CCC3)S(C)(=O)=O)cc1. The molecule has 0 heterocycles. The van der Waals surface area contributed by atoms with Crippen LogP contribution >= 0.6 is 0 Å². The number of anilines is 1. The summed E-state index contributed by atoms with van der Waals surface area (Å²) in [6, 6.07) is 13.8. The Bertz CT molecular complexity index is 968. The molecule has 2 aromatic rings. The van der Waals surface area contributed by atoms with Gasteiger partial charge in [0.15, 0.2) is 0 Å². The Morgan fingerprint density at radius 2 is 1.79 bits per heavy atom. The molecular formula is C23H30N2O3S. The van der Waals surface area contributed by atoms with Crippen molar-refractivity contribution >= 4 is 21.6 Å². The third-order valence-electron chi connectivity index (χ3n) is 5.49. The van der Waals surface area contributed by atoms with Crippen LogP contribution in [0.25, 0.3) is 0 Å². The van der Waals surface area contributed by atoms with Gasteiger partial charge in [-0.15, -0.1) is 0 Å². The Morgan fingerprint density at radius 1 is 1.10 bits per heavy atom. The number of nitrogens with zero attached hydrogens (tertiary/aromatic N) is 1. The average Bonchev–Trinajstić information content (AvgIpc) is 3.13. The Balaban J connectivity index is 1.54. The maximum atomic E-state index is 12.4. The van der Waals surface area contributed by atoms with Gasteiger partial charge in [0.25, 0.3) is 0 Å². The fourth-order valence-electron chi connectivity index (χ4n) is 3.84. The quantitative estimate of drug-likeness (QED) is 0.712. The summed E-state index contributed by atoms with van der Waals surface area (Å²) in [5.41, 5.74) is 5.64. The molecular weight excluding hydrogens is 384 g/mol. The Hall–Kier alpha value is -2.34. The Kier molecular flexibility index (Phi) is 6.63. The predicted molar refractivity (Wildman–Crippen MR) is 118 cm³/mol. The molecule has 29 heavy (non-hydrogen) atoms. The van der Waals surface area contributed by atoms with Crippen LogP contribution in [0.1, 0.15) is 54.5 Å². The number of fused-ring (bicyclic) bond motifs is 1. The van der Waals surface area contributed by atoms with Crippen molar-refractivity contribution in [2.24, 2.45) is 0 Å². The van der Waals surface area contributed by atoms with Crippen molar-refractivity contribution in [3.8, 4) is 0 Å². The van der Waals surface area contributed by atoms with Gasteiger partial charge in [-0.2, -0.15) is 0 Å². The van der Waals surface area contributed by atoms with Gasteiger partial charge in [0, 0.05) is 13.0 Å². The van der Waals surface area contributed by atoms with Crippen LogP contribution < -0.4 is 9.62 Å². The second-order valence-electron chi connectivity index (χ2n) is 7.95. The molecule has 0 aliphatic heterocycles. The molecule has 0 unspecified atom stereocenters. The maximum Gasteiger partial charge on any atom is 0.232 e. The van der Waals surface area contributed by atoms with E-state index in [1.807, 2.05) is 26.0 Å². The van der Waals surface area contributed by atoms with Crippen molar-refractivity contribution in [2.75, 3.05) is 17.1 Å². The van der Waals surface area contributed by atoms with E-state index in [0.717, 1.165) is 24.0 Å². The first-order valence-corrected chi connectivity index (χ1v) is 12.0. The van der Waals surface area contributed by atoms with Crippen LogP contribution in [0.15, 0.2) is 42.5 Å². The lowest BCUT2D eigenvalue weighted by Crippen LogP contribution is -2.32. The lowest BCUT2D eigenvalue weighted by atomic mass is 10.0. The molecule has 0 saturated carbocycles. The first kappa shape index (κ1) is 21.4. The van der Waals surface area contributed by atoms with Crippen LogP contribution in [0.4, 0.5) is 5.69 Å². The zero-order valence-corrected chi connectivity index (χ0v) is 18.3. The summed E-state index contributed by atoms with van der Waals surface area (Å²) in [4.78, 5) is 12.4. The van der Waals surface area contributed by atoms with Crippen LogP contribution in [0, 0.1) is 6.92 Å². The summed E-state index contributed by atoms with van der Waals surface area (Å²) in [6.07, 6.45) is 5.41. The topological polar surface area (TPSA) is 66.5 Å². The summed E-state index contributed by atoms with van der Waals surface area (Å²) in [7, 11) is -3.40. The molecule has 1 atom stereocenters. The summed E-state index contributed by atoms with van der Waals surface area (Å²) in [5, 5.41) is 3.04. The molecule has 1 amide bonds. The van der Waals surface area contributed by atoms with E-state index in [1.54, 1.807) is 12.1 Å². The second kappa shape index (κ2) is 8.99. The normalized spacial score (nSPS) is 14.3. The van der Waals surface area contributed by atoms with E-state index in [2.05, 4.69) is 23.5 Å². The molecule has 1 aliphatic rings. The molecule has 0 aromatic heterocycles. The van der Waals surface area contributed by atoms with E-state index >= 15 is 0 Å². The molecule has 6 heteroatoms. The van der Waals surface area contributed by atoms with Crippen LogP contribution in [0.2, 0.25) is 0 Å². The van der Waals surface area contributed by atoms with Gasteiger partial charge in [0.2, 0.25) is 15.9 Å². The molecule has 5 nitrogen and oxygen atoms in total. The molecule has 3 rings (SSSR count). The van der Waals surface area contributed by atoms with E-state index in [-0.39, 0.29) is 24.9 Å². The molecule has 0 bridgehead atoms. The van der Waals surface area contributed by atoms with E-state index in [9.17, 15) is 13.2 Å². The fourth-order valence-corrected chi connectivity index (χ4v) is 4.80. The Morgan fingerprint density at radius 3 is 2.48 bits per heavy atom. The molecule has 2 aromatic carbocycles. The van der Waals surface area contributed by atoms with Gasteiger partial charge in [-0.05, 0) is 68.4 Å². The predicted octanol–water partition coefficient (Wildman–Crippen LogP) is 3.91. The minimum atomic E-state index is -3.40. The highest BCUT2D eigenvalue weighted by molar-refractivity contribution is 7.92. The lowest BCUT2D eigenvalue weighted by Gasteiger charge is -2.22. The monoisotopic (exact) mass is 414 g/mol. The van der Waals surface area contributed by atoms with Crippen LogP contribution in [0.5, 0.6) is 0 Å². The number of nitrogens with one attached hydrogen (secondary N) is 1. The average molecular weight is 415 g/mol. The highest BCUT2D eigenvalue weighted by Gasteiger charge is 2.18. The van der Waals surface area contributed by atoms with Crippen molar-refractivity contribution < 1.29 is 13.2 Å². The largest absolute Gasteiger partial charge is 0.350 e. The number of hydrogen-bond donors (Lipinski definition) is 1. The first-order valence-electron chi connectivity index (χ1n) is 10.2. The van der Waals surface area contributed by atoms with Crippen molar-refractivity contribution in [3.63, 3.8) is 0 Å². The van der Waals surface area contributed by atoms with E-state index < -0.39 is 10.0 Å². The minimum absolute atomic E-state index is 0.0588. The number of carbonyl (C=O) groups excluding carboxylic acids is 1. The smallest absolute Gasteiger partial charge is 0.232 e. The third kappa shape index (κ3) is 5.60. The minimum Gasteiger partial charge on any atom is -0.350 e. The number of amides is 1. The molecule has 156 valence electrons. The summed E-state index contributed by atoms with van der Waals surface area (Å²) < 4.78 is 25.7. The standard InChI is InChI=1S/C23H30N2O3S/c1-17-9-13-22(14-10-17)25(29(3,27)28)15-5-8-23(26)24-18(2)20-12-11-19-6-4-7-21(19)16-20/h9-14,16,18H,4-8,15H2,1-3H3,(H,24,26)/t18-/m1/s1. The van der Waals surface area contributed by atoms with Gasteiger partial charge in [0.1, 0.15) is 0 Å². The van der Waals surface area contributed by atoms with E-state index in [0.29, 0.717) is 12.1 Å². The summed E-state index contributed by atoms with van der Waals surface area (Å²) in [6.45, 7) is 4.23. The van der Waals surface area contributed by atoms with Crippen molar-refractivity contribution in [1.82, 2.24) is 5.32 Å². The zero-order chi connectivity index (χ0) is 21.0. The number of rotatable bonds is 8. The lowest BCUT2D eigenvalue weighted by molar-refractivity contribution is -0.121. The van der Waals surface area contributed by atoms with Crippen molar-refractivity contribution in [2.45, 2.75) is 52.0 Å². The van der Waals surface area contributed by atoms with Crippen molar-refractivity contribution in [3.05, 3.63) is 64.7 Å². The van der Waals surface area contributed by atoms with Gasteiger partial charge in [-0.25, -0.2) is 8.42 Å². The highest BCUT2D eigenvalue weighted by atomic mass is 32.2. The van der Waals surface area contributed by atoms with Gasteiger partial charge >= 0.3 is 0 Å². The van der Waals surface area contributed by atoms with E-state index in [1.165, 1.54) is 28.1 Å². The number of benzene rings is 2. The second-order valence-corrected chi connectivity index (χ2v) is 9.85. The fraction of sp³-hybridized carbons (Fsp3) is 0.435. The van der Waals surface area contributed by atoms with Crippen molar-refractivity contribution in [1.29, 1.82) is 0 Å². The van der Waals surface area contributed by atoms with Gasteiger partial charge in [0.05, 0.1) is 18.0 Å². The van der Waals surface area contributed by atoms with Crippen LogP contribution in [0.3, 0.4) is 0 Å². The molecule has 1 aliphatic carbocycles. The molecule has 0 spiro atoms. The highest BCUT2D eigenvalue weighted by Crippen LogP contribution is 2.25. The van der Waals surface area contributed by atoms with E-state index in [4.69, 9.17) is 0 Å². The molecule has 1 N–H and O–H groups in total. The van der Waals surface area contributed by atoms with Crippen LogP contribution in [-0.2, 0) is 27.7 Å². The number of carbonyl (C=O) groups is 1. The summed E-state index contributed by atoms with van der Waals surface area (Å²) >= 11 is 0. The van der Waals surface area contributed by atoms with Gasteiger partial charge < -0.3 is 5.32 Å². The maximum absolute atomic E-state index is 12.4. The van der Waals surface area contributed by atoms with Gasteiger partial charge in [-0.3, -0.25) is 9.10 Å². The third-order valence-corrected chi connectivity index (χ3v) is 6.68. The molecule has 0 radical (unpaired) electrons. The molecule has 0 fully saturated rings. The molecule has 0 saturated heterocycles. The Labute approximate surface area is 174 Å².